The van der Waals surface area contributed by atoms with Crippen LogP contribution in [0.15, 0.2) is 28.9 Å². The van der Waals surface area contributed by atoms with E-state index in [0.717, 1.165) is 35.1 Å². The van der Waals surface area contributed by atoms with E-state index in [9.17, 15) is 0 Å². The molecule has 0 aliphatic rings. The number of hydrogen-bond acceptors (Lipinski definition) is 4. The molecule has 0 spiro atoms. The molecule has 5 nitrogen and oxygen atoms in total. The fraction of sp³-hybridized carbons (Fsp3) is 0.333. The SMILES string of the molecule is CCCc1noc(Cn2cc(CN)c3ccc(Cl)cc32)n1. The lowest BCUT2D eigenvalue weighted by Crippen LogP contribution is -1.99. The summed E-state index contributed by atoms with van der Waals surface area (Å²) >= 11 is 6.10. The Kier molecular flexibility index (Phi) is 3.94. The summed E-state index contributed by atoms with van der Waals surface area (Å²) in [5.41, 5.74) is 7.91. The van der Waals surface area contributed by atoms with Gasteiger partial charge in [0.25, 0.3) is 0 Å². The van der Waals surface area contributed by atoms with E-state index in [0.29, 0.717) is 24.0 Å². The van der Waals surface area contributed by atoms with Gasteiger partial charge in [0, 0.05) is 29.6 Å². The Balaban J connectivity index is 1.97. The zero-order chi connectivity index (χ0) is 14.8. The smallest absolute Gasteiger partial charge is 0.246 e. The highest BCUT2D eigenvalue weighted by molar-refractivity contribution is 6.31. The van der Waals surface area contributed by atoms with Gasteiger partial charge in [0.1, 0.15) is 6.54 Å². The minimum atomic E-state index is 0.482. The number of halogens is 1. The Labute approximate surface area is 127 Å². The molecule has 0 saturated heterocycles. The number of hydrogen-bond donors (Lipinski definition) is 1. The first-order valence-corrected chi connectivity index (χ1v) is 7.38. The van der Waals surface area contributed by atoms with Crippen LogP contribution in [0.2, 0.25) is 5.02 Å². The molecule has 2 N–H and O–H groups in total. The molecular weight excluding hydrogens is 288 g/mol. The highest BCUT2D eigenvalue weighted by Crippen LogP contribution is 2.25. The molecule has 0 bridgehead atoms. The van der Waals surface area contributed by atoms with Gasteiger partial charge in [-0.25, -0.2) is 0 Å². The van der Waals surface area contributed by atoms with Crippen LogP contribution in [0.5, 0.6) is 0 Å². The lowest BCUT2D eigenvalue weighted by atomic mass is 10.2. The first kappa shape index (κ1) is 14.1. The van der Waals surface area contributed by atoms with Crippen molar-refractivity contribution in [2.24, 2.45) is 5.73 Å². The van der Waals surface area contributed by atoms with Crippen LogP contribution in [0, 0.1) is 0 Å². The van der Waals surface area contributed by atoms with Crippen LogP contribution in [0.3, 0.4) is 0 Å². The van der Waals surface area contributed by atoms with Crippen molar-refractivity contribution in [3.8, 4) is 0 Å². The van der Waals surface area contributed by atoms with Crippen molar-refractivity contribution in [3.63, 3.8) is 0 Å². The van der Waals surface area contributed by atoms with Crippen LogP contribution in [-0.2, 0) is 19.5 Å². The summed E-state index contributed by atoms with van der Waals surface area (Å²) in [5.74, 6) is 1.35. The van der Waals surface area contributed by atoms with Gasteiger partial charge in [-0.2, -0.15) is 4.98 Å². The van der Waals surface area contributed by atoms with E-state index in [4.69, 9.17) is 21.9 Å². The Morgan fingerprint density at radius 1 is 1.38 bits per heavy atom. The van der Waals surface area contributed by atoms with E-state index in [2.05, 4.69) is 17.1 Å². The summed E-state index contributed by atoms with van der Waals surface area (Å²) < 4.78 is 7.35. The predicted molar refractivity (Wildman–Crippen MR) is 82.2 cm³/mol. The maximum Gasteiger partial charge on any atom is 0.246 e. The summed E-state index contributed by atoms with van der Waals surface area (Å²) in [7, 11) is 0. The van der Waals surface area contributed by atoms with Gasteiger partial charge < -0.3 is 14.8 Å². The number of aromatic nitrogens is 3. The number of benzene rings is 1. The minimum absolute atomic E-state index is 0.482. The van der Waals surface area contributed by atoms with Crippen LogP contribution in [0.25, 0.3) is 10.9 Å². The normalized spacial score (nSPS) is 11.4. The van der Waals surface area contributed by atoms with Gasteiger partial charge in [0.15, 0.2) is 5.82 Å². The zero-order valence-corrected chi connectivity index (χ0v) is 12.6. The van der Waals surface area contributed by atoms with Crippen LogP contribution in [0.1, 0.15) is 30.6 Å². The molecule has 1 aromatic carbocycles. The molecule has 0 aliphatic carbocycles. The Morgan fingerprint density at radius 3 is 3.00 bits per heavy atom. The van der Waals surface area contributed by atoms with E-state index in [-0.39, 0.29) is 0 Å². The van der Waals surface area contributed by atoms with E-state index in [1.54, 1.807) is 0 Å². The second kappa shape index (κ2) is 5.87. The molecule has 0 fully saturated rings. The van der Waals surface area contributed by atoms with Crippen LogP contribution in [0.4, 0.5) is 0 Å². The van der Waals surface area contributed by atoms with Gasteiger partial charge in [-0.05, 0) is 24.1 Å². The highest BCUT2D eigenvalue weighted by Gasteiger charge is 2.12. The fourth-order valence-electron chi connectivity index (χ4n) is 2.46. The zero-order valence-electron chi connectivity index (χ0n) is 11.8. The van der Waals surface area contributed by atoms with Crippen molar-refractivity contribution >= 4 is 22.5 Å². The van der Waals surface area contributed by atoms with Crippen LogP contribution in [-0.4, -0.2) is 14.7 Å². The number of nitrogens with zero attached hydrogens (tertiary/aromatic N) is 3. The van der Waals surface area contributed by atoms with E-state index >= 15 is 0 Å². The van der Waals surface area contributed by atoms with Gasteiger partial charge >= 0.3 is 0 Å². The topological polar surface area (TPSA) is 69.9 Å². The van der Waals surface area contributed by atoms with Gasteiger partial charge in [-0.3, -0.25) is 0 Å². The second-order valence-electron chi connectivity index (χ2n) is 5.00. The first-order chi connectivity index (χ1) is 10.2. The van der Waals surface area contributed by atoms with Crippen molar-refractivity contribution in [1.82, 2.24) is 14.7 Å². The third-order valence-electron chi connectivity index (χ3n) is 3.44. The van der Waals surface area contributed by atoms with E-state index in [1.807, 2.05) is 29.0 Å². The molecule has 3 rings (SSSR count). The van der Waals surface area contributed by atoms with Crippen molar-refractivity contribution in [1.29, 1.82) is 0 Å². The van der Waals surface area contributed by atoms with Crippen LogP contribution >= 0.6 is 11.6 Å². The molecule has 2 aromatic heterocycles. The lowest BCUT2D eigenvalue weighted by molar-refractivity contribution is 0.367. The summed E-state index contributed by atoms with van der Waals surface area (Å²) in [6.07, 6.45) is 3.85. The molecule has 0 atom stereocenters. The van der Waals surface area contributed by atoms with Gasteiger partial charge in [-0.15, -0.1) is 0 Å². The molecule has 0 amide bonds. The monoisotopic (exact) mass is 304 g/mol. The second-order valence-corrected chi connectivity index (χ2v) is 5.44. The largest absolute Gasteiger partial charge is 0.338 e. The predicted octanol–water partition coefficient (Wildman–Crippen LogP) is 3.14. The standard InChI is InChI=1S/C15H17ClN4O/c1-2-3-14-18-15(21-19-14)9-20-8-10(7-17)12-5-4-11(16)6-13(12)20/h4-6,8H,2-3,7,9,17H2,1H3. The number of aryl methyl sites for hydroxylation is 1. The third-order valence-corrected chi connectivity index (χ3v) is 3.67. The first-order valence-electron chi connectivity index (χ1n) is 7.00. The number of fused-ring (bicyclic) bond motifs is 1. The highest BCUT2D eigenvalue weighted by atomic mass is 35.5. The van der Waals surface area contributed by atoms with Crippen molar-refractivity contribution < 1.29 is 4.52 Å². The van der Waals surface area contributed by atoms with Gasteiger partial charge in [0.2, 0.25) is 5.89 Å². The third kappa shape index (κ3) is 2.80. The summed E-state index contributed by atoms with van der Waals surface area (Å²) in [6, 6.07) is 5.80. The lowest BCUT2D eigenvalue weighted by Gasteiger charge is -2.01. The quantitative estimate of drug-likeness (QED) is 0.786. The maximum absolute atomic E-state index is 6.10. The Hall–Kier alpha value is -1.85. The summed E-state index contributed by atoms with van der Waals surface area (Å²) in [6.45, 7) is 3.09. The molecule has 0 unspecified atom stereocenters. The molecule has 2 heterocycles. The molecular formula is C15H17ClN4O. The molecule has 6 heteroatoms. The maximum atomic E-state index is 6.10. The van der Waals surface area contributed by atoms with Crippen molar-refractivity contribution in [2.75, 3.05) is 0 Å². The van der Waals surface area contributed by atoms with Gasteiger partial charge in [0.05, 0.1) is 5.52 Å². The summed E-state index contributed by atoms with van der Waals surface area (Å²) in [4.78, 5) is 4.40. The van der Waals surface area contributed by atoms with E-state index in [1.165, 1.54) is 0 Å². The molecule has 110 valence electrons. The van der Waals surface area contributed by atoms with Gasteiger partial charge in [-0.1, -0.05) is 29.7 Å². The molecule has 0 aliphatic heterocycles. The average molecular weight is 305 g/mol. The Morgan fingerprint density at radius 2 is 2.24 bits per heavy atom. The molecule has 0 radical (unpaired) electrons. The van der Waals surface area contributed by atoms with E-state index < -0.39 is 0 Å². The fourth-order valence-corrected chi connectivity index (χ4v) is 2.63. The molecule has 3 aromatic rings. The summed E-state index contributed by atoms with van der Waals surface area (Å²) in [5, 5.41) is 5.78. The molecule has 0 saturated carbocycles. The number of rotatable bonds is 5. The van der Waals surface area contributed by atoms with Crippen molar-refractivity contribution in [3.05, 3.63) is 46.7 Å². The minimum Gasteiger partial charge on any atom is -0.338 e. The van der Waals surface area contributed by atoms with Crippen molar-refractivity contribution in [2.45, 2.75) is 32.9 Å². The number of nitrogens with two attached hydrogens (primary N) is 1. The molecule has 21 heavy (non-hydrogen) atoms. The van der Waals surface area contributed by atoms with Crippen LogP contribution < -0.4 is 5.73 Å². The average Bonchev–Trinajstić information content (AvgIpc) is 3.05. The Bertz CT molecular complexity index is 762.